The molecule has 9 aliphatic rings. The van der Waals surface area contributed by atoms with E-state index < -0.39 is 171 Å². The predicted molar refractivity (Wildman–Crippen MR) is 400 cm³/mol. The van der Waals surface area contributed by atoms with Crippen LogP contribution >= 0.6 is 23.2 Å². The number of rotatable bonds is 21. The Bertz CT molecular complexity index is 4660. The van der Waals surface area contributed by atoms with Gasteiger partial charge in [0.05, 0.1) is 39.6 Å². The molecule has 0 spiro atoms. The molecule has 8 amide bonds. The fraction of sp³-hybridized carbons (Fsp3) is 0.429. The quantitative estimate of drug-likeness (QED) is 0.0373. The number of nitrogens with two attached hydrogens (primary N) is 1. The number of carbonyl (C=O) groups is 8. The molecule has 15 bridgehead atoms. The van der Waals surface area contributed by atoms with E-state index >= 15 is 24.0 Å². The fourth-order valence-electron chi connectivity index (χ4n) is 15.8. The minimum atomic E-state index is -4.09. The maximum atomic E-state index is 16.0. The van der Waals surface area contributed by atoms with Gasteiger partial charge in [0.2, 0.25) is 63.0 Å². The number of aliphatic hydroxyl groups is 2. The van der Waals surface area contributed by atoms with Gasteiger partial charge in [-0.15, -0.1) is 0 Å². The molecule has 4 saturated carbocycles. The number of hydrogen-bond acceptors (Lipinski definition) is 21. The maximum Gasteiger partial charge on any atom is 0.248 e. The van der Waals surface area contributed by atoms with Gasteiger partial charge < -0.3 is 98.4 Å². The van der Waals surface area contributed by atoms with Crippen molar-refractivity contribution in [1.29, 1.82) is 0 Å². The molecule has 5 heterocycles. The Morgan fingerprint density at radius 2 is 1.25 bits per heavy atom. The Hall–Kier alpha value is -9.99. The third-order valence-corrected chi connectivity index (χ3v) is 23.3. The summed E-state index contributed by atoms with van der Waals surface area (Å²) in [6.07, 6.45) is 2.34. The summed E-state index contributed by atoms with van der Waals surface area (Å²) in [5.41, 5.74) is 3.48. The van der Waals surface area contributed by atoms with Crippen LogP contribution in [0.4, 0.5) is 0 Å². The van der Waals surface area contributed by atoms with Crippen LogP contribution in [0.2, 0.25) is 10.0 Å². The van der Waals surface area contributed by atoms with Gasteiger partial charge in [0.15, 0.2) is 11.5 Å². The summed E-state index contributed by atoms with van der Waals surface area (Å²) in [7, 11) is -2.58. The number of aliphatic hydroxyl groups excluding tert-OH is 2. The number of unbranched alkanes of at least 4 members (excludes halogenated alkanes) is 2. The largest absolute Gasteiger partial charge is 0.507 e. The molecule has 9 atom stereocenters. The second-order valence-electron chi connectivity index (χ2n) is 29.4. The van der Waals surface area contributed by atoms with E-state index in [4.69, 9.17) is 43.1 Å². The molecule has 4 aliphatic carbocycles. The second-order valence-corrected chi connectivity index (χ2v) is 32.0. The van der Waals surface area contributed by atoms with Crippen LogP contribution in [0.25, 0.3) is 11.1 Å². The number of carbonyl (C=O) groups excluding carboxylic acids is 8. The van der Waals surface area contributed by atoms with Crippen molar-refractivity contribution in [2.24, 2.45) is 35.3 Å². The molecule has 0 aromatic heterocycles. The number of phenolic OH excluding ortho intramolecular Hbond substituents is 4. The number of benzene rings is 6. The minimum Gasteiger partial charge on any atom is -0.507 e. The van der Waals surface area contributed by atoms with Gasteiger partial charge in [0.1, 0.15) is 83.0 Å². The molecular weight excluding hydrogens is 1490 g/mol. The summed E-state index contributed by atoms with van der Waals surface area (Å²) in [6.45, 7) is 5.45. The lowest BCUT2D eigenvalue weighted by Crippen LogP contribution is -2.59. The summed E-state index contributed by atoms with van der Waals surface area (Å²) in [5, 5.41) is 98.2. The average molecular weight is 1580 g/mol. The molecule has 6 aromatic rings. The number of ether oxygens (including phenoxy) is 3. The lowest BCUT2D eigenvalue weighted by atomic mass is 9.54. The van der Waals surface area contributed by atoms with Crippen molar-refractivity contribution in [2.45, 2.75) is 157 Å². The highest BCUT2D eigenvalue weighted by Crippen LogP contribution is 2.55. The Kier molecular flexibility index (Phi) is 24.4. The van der Waals surface area contributed by atoms with Gasteiger partial charge in [-0.2, -0.15) is 0 Å². The van der Waals surface area contributed by atoms with Crippen molar-refractivity contribution in [3.8, 4) is 62.9 Å². The highest BCUT2D eigenvalue weighted by Gasteiger charge is 2.50. The smallest absolute Gasteiger partial charge is 0.248 e. The Morgan fingerprint density at radius 1 is 0.645 bits per heavy atom. The van der Waals surface area contributed by atoms with Crippen LogP contribution in [0.1, 0.15) is 149 Å². The van der Waals surface area contributed by atoms with Gasteiger partial charge in [0.25, 0.3) is 0 Å². The molecule has 4 fully saturated rings. The number of aromatic hydroxyl groups is 4. The van der Waals surface area contributed by atoms with Crippen LogP contribution in [-0.4, -0.2) is 143 Å². The maximum absolute atomic E-state index is 16.0. The first-order valence-electron chi connectivity index (χ1n) is 36.6. The van der Waals surface area contributed by atoms with Crippen LogP contribution in [0.5, 0.6) is 51.7 Å². The summed E-state index contributed by atoms with van der Waals surface area (Å²) in [6, 6.07) is 6.02. The van der Waals surface area contributed by atoms with E-state index in [1.165, 1.54) is 61.6 Å². The van der Waals surface area contributed by atoms with Crippen molar-refractivity contribution in [3.05, 3.63) is 140 Å². The Morgan fingerprint density at radius 3 is 1.86 bits per heavy atom. The number of amides is 8. The summed E-state index contributed by atoms with van der Waals surface area (Å²) < 4.78 is 47.8. The molecule has 30 nitrogen and oxygen atoms in total. The van der Waals surface area contributed by atoms with Crippen molar-refractivity contribution in [3.63, 3.8) is 0 Å². The van der Waals surface area contributed by atoms with Crippen LogP contribution in [-0.2, 0) is 54.9 Å². The highest BCUT2D eigenvalue weighted by molar-refractivity contribution is 7.89. The molecular formula is C77H89Cl2N11O19S. The van der Waals surface area contributed by atoms with Gasteiger partial charge in [-0.3, -0.25) is 38.4 Å². The van der Waals surface area contributed by atoms with E-state index in [9.17, 15) is 53.4 Å². The molecule has 110 heavy (non-hydrogen) atoms. The lowest BCUT2D eigenvalue weighted by molar-refractivity contribution is -0.138. The first kappa shape index (κ1) is 79.6. The molecule has 0 unspecified atom stereocenters. The molecule has 6 aromatic carbocycles. The first-order chi connectivity index (χ1) is 52.5. The molecule has 5 aliphatic heterocycles. The zero-order valence-corrected chi connectivity index (χ0v) is 62.9. The fourth-order valence-corrected chi connectivity index (χ4v) is 17.3. The topological polar surface area (TPSA) is 466 Å². The molecule has 15 rings (SSSR count). The van der Waals surface area contributed by atoms with Crippen LogP contribution < -0.4 is 72.5 Å². The van der Waals surface area contributed by atoms with Gasteiger partial charge in [-0.05, 0) is 188 Å². The number of phenols is 4. The van der Waals surface area contributed by atoms with E-state index in [1.807, 2.05) is 13.8 Å². The number of hydrogen-bond donors (Lipinski definition) is 17. The van der Waals surface area contributed by atoms with Crippen molar-refractivity contribution < 1.29 is 91.6 Å². The molecule has 18 N–H and O–H groups in total. The summed E-state index contributed by atoms with van der Waals surface area (Å²) >= 11 is 13.9. The number of primary amides is 1. The van der Waals surface area contributed by atoms with E-state index in [-0.39, 0.29) is 103 Å². The number of sulfonamides is 1. The van der Waals surface area contributed by atoms with E-state index in [2.05, 4.69) is 59.5 Å². The standard InChI is InChI=1S/C77H89Cl2N11O19S/c1-5-6-7-20-107-44-11-13-45(14-12-44)110(105,106)83-19-18-82-34-48-54(92)32-47-60(69(48)96)46-27-38(8-15-53(46)91)62-73(100)90-66(77(104)88-64(47)75(102)85-61-41-23-36-22-37(25-41)26-42(61)24-36)68(95)40-10-17-56(50(79)29-40)109-58-31-43-30-57(70(58)97)108-55-16-9-39(28-49(55)78)67(94)65(89-71(98)51(81-4)21-35(2)3)76(103)84-52(33-59(80)93)72(99)86-63(43)74(101)87-62/h8-17,27-32,35-37,41-42,51-52,61-68,81-83,91-92,94-97H,5-7,18-26,33-34H2,1-4H3,(H2,80,93)(H,84,103)(H,85,102)(H,86,99)(H,87,101)(H,88,104)(H,89,98)(H,90,100)/t36?,37?,41?,42?,51-,52+,61?,62-,63-,64+,65-,66+,67-,68-/m1/s1. The van der Waals surface area contributed by atoms with Gasteiger partial charge in [-0.1, -0.05) is 75.0 Å². The Balaban J connectivity index is 0.975. The van der Waals surface area contributed by atoms with Gasteiger partial charge >= 0.3 is 0 Å². The first-order valence-corrected chi connectivity index (χ1v) is 38.8. The van der Waals surface area contributed by atoms with E-state index in [0.29, 0.717) is 24.2 Å². The number of halogens is 2. The number of likely N-dealkylation sites (N-methyl/N-ethyl adjacent to an activating group) is 1. The monoisotopic (exact) mass is 1570 g/mol. The van der Waals surface area contributed by atoms with Crippen molar-refractivity contribution >= 4 is 80.5 Å². The number of nitrogens with one attached hydrogen (secondary N) is 10. The summed E-state index contributed by atoms with van der Waals surface area (Å²) in [5.74, 6) is -12.4. The van der Waals surface area contributed by atoms with Crippen LogP contribution in [0, 0.1) is 29.6 Å². The lowest BCUT2D eigenvalue weighted by Gasteiger charge is -2.54. The normalized spacial score (nSPS) is 24.6. The SMILES string of the molecule is CCCCCOc1ccc(S(=O)(=O)NCCNCc2c(O)cc3c(c2O)-c2cc(ccc2O)[C@H]2NC(=O)[C@@H]4NC(=O)[C@H](CC(N)=O)NC(=O)[C@H](NC(=O)[C@@H](CC(C)C)NC)[C@H](O)c5ccc(c(Cl)c5)Oc5cc4cc(c5O)Oc4ccc(cc4Cl)[C@@H](O)[C@H](NC2=O)C(=O)N[C@@H]3C(=O)NC2C3CC4CC(C3)CC2C4)cc1. The van der Waals surface area contributed by atoms with Crippen molar-refractivity contribution in [1.82, 2.24) is 52.6 Å². The molecule has 33 heteroatoms. The van der Waals surface area contributed by atoms with Gasteiger partial charge in [-0.25, -0.2) is 13.1 Å². The average Bonchev–Trinajstić information content (AvgIpc) is 0.754. The third-order valence-electron chi connectivity index (χ3n) is 21.2. The second kappa shape index (κ2) is 33.7. The zero-order valence-electron chi connectivity index (χ0n) is 60.5. The minimum absolute atomic E-state index is 0.0488. The van der Waals surface area contributed by atoms with Gasteiger partial charge in [0, 0.05) is 36.8 Å². The number of fused-ring (bicyclic) bond motifs is 15. The predicted octanol–water partition coefficient (Wildman–Crippen LogP) is 5.89. The van der Waals surface area contributed by atoms with Crippen molar-refractivity contribution in [2.75, 3.05) is 26.7 Å². The Labute approximate surface area is 643 Å². The van der Waals surface area contributed by atoms with E-state index in [1.54, 1.807) is 12.1 Å². The molecule has 0 radical (unpaired) electrons. The van der Waals surface area contributed by atoms with E-state index in [0.717, 1.165) is 81.7 Å². The third kappa shape index (κ3) is 17.4. The van der Waals surface area contributed by atoms with Crippen LogP contribution in [0.3, 0.4) is 0 Å². The zero-order chi connectivity index (χ0) is 78.7. The highest BCUT2D eigenvalue weighted by atomic mass is 35.5. The summed E-state index contributed by atoms with van der Waals surface area (Å²) in [4.78, 5) is 120. The van der Waals surface area contributed by atoms with Crippen LogP contribution in [0.15, 0.2) is 102 Å². The molecule has 586 valence electrons. The molecule has 0 saturated heterocycles.